The maximum Gasteiger partial charge on any atom is 0.196 e. The number of rotatable bonds is 5. The first-order chi connectivity index (χ1) is 12.1. The highest BCUT2D eigenvalue weighted by molar-refractivity contribution is 7.98. The second kappa shape index (κ2) is 7.39. The van der Waals surface area contributed by atoms with E-state index in [4.69, 9.17) is 11.6 Å². The summed E-state index contributed by atoms with van der Waals surface area (Å²) in [6, 6.07) is 12.5. The van der Waals surface area contributed by atoms with E-state index in [0.717, 1.165) is 4.90 Å². The Labute approximate surface area is 154 Å². The molecule has 0 bridgehead atoms. The van der Waals surface area contributed by atoms with Crippen molar-refractivity contribution in [3.8, 4) is 5.69 Å². The van der Waals surface area contributed by atoms with Gasteiger partial charge in [-0.25, -0.2) is 0 Å². The summed E-state index contributed by atoms with van der Waals surface area (Å²) in [7, 11) is 0. The number of halogens is 1. The Hall–Kier alpha value is -2.15. The number of nitrogens with zero attached hydrogens (tertiary/aromatic N) is 3. The molecule has 0 saturated heterocycles. The van der Waals surface area contributed by atoms with Crippen molar-refractivity contribution >= 4 is 29.1 Å². The van der Waals surface area contributed by atoms with E-state index in [-0.39, 0.29) is 12.4 Å². The second-order valence-electron chi connectivity index (χ2n) is 5.35. The van der Waals surface area contributed by atoms with Gasteiger partial charge in [0.05, 0.1) is 10.7 Å². The molecule has 1 heterocycles. The van der Waals surface area contributed by atoms with E-state index in [1.165, 1.54) is 0 Å². The Kier molecular flexibility index (Phi) is 5.22. The van der Waals surface area contributed by atoms with Crippen LogP contribution in [0.3, 0.4) is 0 Å². The predicted octanol–water partition coefficient (Wildman–Crippen LogP) is 3.67. The van der Waals surface area contributed by atoms with Crippen LogP contribution in [0.1, 0.15) is 27.6 Å². The molecule has 0 unspecified atom stereocenters. The molecule has 0 atom stereocenters. The fourth-order valence-electron chi connectivity index (χ4n) is 2.63. The Morgan fingerprint density at radius 3 is 2.64 bits per heavy atom. The zero-order chi connectivity index (χ0) is 18.0. The van der Waals surface area contributed by atoms with E-state index in [2.05, 4.69) is 10.2 Å². The molecule has 3 rings (SSSR count). The molecule has 0 aliphatic heterocycles. The lowest BCUT2D eigenvalue weighted by Crippen LogP contribution is -2.11. The van der Waals surface area contributed by atoms with Gasteiger partial charge in [0, 0.05) is 16.0 Å². The number of carbonyl (C=O) groups excluding carboxylic acids is 1. The van der Waals surface area contributed by atoms with Gasteiger partial charge < -0.3 is 5.11 Å². The van der Waals surface area contributed by atoms with Crippen molar-refractivity contribution in [3.05, 3.63) is 70.3 Å². The van der Waals surface area contributed by atoms with E-state index >= 15 is 0 Å². The maximum atomic E-state index is 13.2. The molecule has 0 spiro atoms. The smallest absolute Gasteiger partial charge is 0.196 e. The van der Waals surface area contributed by atoms with Crippen LogP contribution in [0, 0.1) is 6.92 Å². The van der Waals surface area contributed by atoms with Gasteiger partial charge in [-0.3, -0.25) is 9.36 Å². The molecular weight excluding hydrogens is 358 g/mol. The minimum absolute atomic E-state index is 0.187. The van der Waals surface area contributed by atoms with Gasteiger partial charge in [-0.2, -0.15) is 0 Å². The van der Waals surface area contributed by atoms with Crippen molar-refractivity contribution in [2.75, 3.05) is 6.26 Å². The number of aliphatic hydroxyl groups is 1. The third-order valence-corrected chi connectivity index (χ3v) is 4.90. The summed E-state index contributed by atoms with van der Waals surface area (Å²) in [5.41, 5.74) is 1.53. The van der Waals surface area contributed by atoms with Gasteiger partial charge in [-0.15, -0.1) is 22.0 Å². The first kappa shape index (κ1) is 17.7. The Bertz CT molecular complexity index is 940. The summed E-state index contributed by atoms with van der Waals surface area (Å²) in [5.74, 6) is 0.783. The second-order valence-corrected chi connectivity index (χ2v) is 6.64. The lowest BCUT2D eigenvalue weighted by atomic mass is 10.0. The highest BCUT2D eigenvalue weighted by Crippen LogP contribution is 2.28. The number of ketones is 1. The standard InChI is InChI=1S/C18H16ClN3O2S/c1-11-20-21-17(10-23)22(11)16-8-7-12(25-2)9-14(16)18(24)13-5-3-4-6-15(13)19/h3-9,23H,10H2,1-2H3. The number of hydrogen-bond acceptors (Lipinski definition) is 5. The molecule has 128 valence electrons. The van der Waals surface area contributed by atoms with Gasteiger partial charge >= 0.3 is 0 Å². The van der Waals surface area contributed by atoms with E-state index in [0.29, 0.717) is 33.5 Å². The summed E-state index contributed by atoms with van der Waals surface area (Å²) in [4.78, 5) is 14.1. The van der Waals surface area contributed by atoms with Gasteiger partial charge in [-0.1, -0.05) is 23.7 Å². The van der Waals surface area contributed by atoms with Crippen molar-refractivity contribution in [2.45, 2.75) is 18.4 Å². The average molecular weight is 374 g/mol. The van der Waals surface area contributed by atoms with Crippen molar-refractivity contribution < 1.29 is 9.90 Å². The number of carbonyl (C=O) groups is 1. The third-order valence-electron chi connectivity index (χ3n) is 3.84. The zero-order valence-corrected chi connectivity index (χ0v) is 15.3. The summed E-state index contributed by atoms with van der Waals surface area (Å²) in [5, 5.41) is 17.9. The van der Waals surface area contributed by atoms with Crippen molar-refractivity contribution in [3.63, 3.8) is 0 Å². The quantitative estimate of drug-likeness (QED) is 0.546. The molecule has 0 amide bonds. The minimum atomic E-state index is -0.273. The van der Waals surface area contributed by atoms with Crippen LogP contribution < -0.4 is 0 Å². The number of aliphatic hydroxyl groups excluding tert-OH is 1. The molecule has 0 saturated carbocycles. The van der Waals surface area contributed by atoms with Gasteiger partial charge in [0.1, 0.15) is 12.4 Å². The summed E-state index contributed by atoms with van der Waals surface area (Å²) < 4.78 is 1.69. The predicted molar refractivity (Wildman–Crippen MR) is 98.7 cm³/mol. The number of aryl methyl sites for hydroxylation is 1. The summed E-state index contributed by atoms with van der Waals surface area (Å²) in [6.45, 7) is 1.50. The number of aromatic nitrogens is 3. The molecule has 0 fully saturated rings. The molecule has 25 heavy (non-hydrogen) atoms. The summed E-state index contributed by atoms with van der Waals surface area (Å²) in [6.07, 6.45) is 1.95. The lowest BCUT2D eigenvalue weighted by molar-refractivity contribution is 0.103. The molecule has 5 nitrogen and oxygen atoms in total. The van der Waals surface area contributed by atoms with Crippen LogP contribution in [-0.4, -0.2) is 31.9 Å². The van der Waals surface area contributed by atoms with Crippen molar-refractivity contribution in [1.82, 2.24) is 14.8 Å². The maximum absolute atomic E-state index is 13.2. The minimum Gasteiger partial charge on any atom is -0.388 e. The number of benzene rings is 2. The van der Waals surface area contributed by atoms with Crippen LogP contribution in [0.4, 0.5) is 0 Å². The lowest BCUT2D eigenvalue weighted by Gasteiger charge is -2.14. The highest BCUT2D eigenvalue weighted by atomic mass is 35.5. The zero-order valence-electron chi connectivity index (χ0n) is 13.7. The van der Waals surface area contributed by atoms with Crippen LogP contribution in [0.25, 0.3) is 5.69 Å². The fourth-order valence-corrected chi connectivity index (χ4v) is 3.29. The van der Waals surface area contributed by atoms with Crippen molar-refractivity contribution in [2.24, 2.45) is 0 Å². The Morgan fingerprint density at radius 1 is 1.20 bits per heavy atom. The average Bonchev–Trinajstić information content (AvgIpc) is 3.01. The first-order valence-electron chi connectivity index (χ1n) is 7.56. The number of thioether (sulfide) groups is 1. The molecule has 0 aliphatic carbocycles. The topological polar surface area (TPSA) is 68.0 Å². The SMILES string of the molecule is CSc1ccc(-n2c(C)nnc2CO)c(C(=O)c2ccccc2Cl)c1. The van der Waals surface area contributed by atoms with E-state index in [1.807, 2.05) is 24.5 Å². The molecule has 0 radical (unpaired) electrons. The Morgan fingerprint density at radius 2 is 1.96 bits per heavy atom. The monoisotopic (exact) mass is 373 g/mol. The number of hydrogen-bond donors (Lipinski definition) is 1. The molecule has 0 aliphatic rings. The Balaban J connectivity index is 2.23. The van der Waals surface area contributed by atoms with Gasteiger partial charge in [0.2, 0.25) is 0 Å². The molecule has 1 N–H and O–H groups in total. The third kappa shape index (κ3) is 3.33. The van der Waals surface area contributed by atoms with Crippen LogP contribution in [0.15, 0.2) is 47.4 Å². The largest absolute Gasteiger partial charge is 0.388 e. The van der Waals surface area contributed by atoms with E-state index < -0.39 is 0 Å². The summed E-state index contributed by atoms with van der Waals surface area (Å²) >= 11 is 7.76. The van der Waals surface area contributed by atoms with Crippen LogP contribution >= 0.6 is 23.4 Å². The van der Waals surface area contributed by atoms with Gasteiger partial charge in [0.25, 0.3) is 0 Å². The highest BCUT2D eigenvalue weighted by Gasteiger charge is 2.21. The molecule has 7 heteroatoms. The fraction of sp³-hybridized carbons (Fsp3) is 0.167. The molecular formula is C18H16ClN3O2S. The molecule has 2 aromatic carbocycles. The van der Waals surface area contributed by atoms with E-state index in [1.54, 1.807) is 47.5 Å². The van der Waals surface area contributed by atoms with Crippen LogP contribution in [0.2, 0.25) is 5.02 Å². The first-order valence-corrected chi connectivity index (χ1v) is 9.16. The molecule has 3 aromatic rings. The van der Waals surface area contributed by atoms with Gasteiger partial charge in [0.15, 0.2) is 11.6 Å². The van der Waals surface area contributed by atoms with Crippen molar-refractivity contribution in [1.29, 1.82) is 0 Å². The van der Waals surface area contributed by atoms with Crippen LogP contribution in [-0.2, 0) is 6.61 Å². The van der Waals surface area contributed by atoms with Gasteiger partial charge in [-0.05, 0) is 43.5 Å². The normalized spacial score (nSPS) is 10.9. The van der Waals surface area contributed by atoms with E-state index in [9.17, 15) is 9.90 Å². The molecule has 1 aromatic heterocycles. The van der Waals surface area contributed by atoms with Crippen LogP contribution in [0.5, 0.6) is 0 Å².